The Hall–Kier alpha value is -2.67. The minimum atomic E-state index is -4.81. The number of rotatable bonds is 11. The highest BCUT2D eigenvalue weighted by Gasteiger charge is 2.43. The summed E-state index contributed by atoms with van der Waals surface area (Å²) in [6, 6.07) is 0. The molecular formula is C26H37N4O13PS. The molecular weight excluding hydrogens is 639 g/mol. The Kier molecular flexibility index (Phi) is 10.9. The largest absolute Gasteiger partial charge is 0.472 e. The number of aromatic nitrogens is 4. The monoisotopic (exact) mass is 676 g/mol. The Bertz CT molecular complexity index is 1620. The zero-order valence-corrected chi connectivity index (χ0v) is 27.0. The van der Waals surface area contributed by atoms with E-state index in [1.807, 2.05) is 0 Å². The normalized spacial score (nSPS) is 26.6. The molecule has 4 heterocycles. The van der Waals surface area contributed by atoms with Crippen LogP contribution < -0.4 is 16.9 Å². The third kappa shape index (κ3) is 8.58. The van der Waals surface area contributed by atoms with Crippen molar-refractivity contribution in [2.75, 3.05) is 19.2 Å². The molecule has 0 aliphatic carbocycles. The molecule has 0 radical (unpaired) electrons. The fraction of sp³-hybridized carbons (Fsp3) is 0.654. The molecule has 2 aliphatic heterocycles. The average molecular weight is 677 g/mol. The number of nitrogens with one attached hydrogen (secondary N) is 1. The first-order valence-electron chi connectivity index (χ1n) is 14.0. The molecule has 2 fully saturated rings. The lowest BCUT2D eigenvalue weighted by Crippen LogP contribution is -2.33. The zero-order chi connectivity index (χ0) is 33.3. The number of phosphoric acid groups is 1. The first-order valence-corrected chi connectivity index (χ1v) is 16.4. The predicted octanol–water partition coefficient (Wildman–Crippen LogP) is 0.480. The van der Waals surface area contributed by atoms with E-state index in [4.69, 9.17) is 23.3 Å². The number of carbonyl (C=O) groups is 1. The highest BCUT2D eigenvalue weighted by atomic mass is 32.2. The van der Waals surface area contributed by atoms with Gasteiger partial charge in [0, 0.05) is 30.8 Å². The van der Waals surface area contributed by atoms with Crippen LogP contribution in [0.4, 0.5) is 0 Å². The second-order valence-corrected chi connectivity index (χ2v) is 14.0. The van der Waals surface area contributed by atoms with E-state index in [-0.39, 0.29) is 24.3 Å². The third-order valence-electron chi connectivity index (χ3n) is 7.09. The van der Waals surface area contributed by atoms with E-state index in [2.05, 4.69) is 9.97 Å². The molecule has 2 aromatic heterocycles. The molecule has 17 nitrogen and oxygen atoms in total. The summed E-state index contributed by atoms with van der Waals surface area (Å²) in [5.41, 5.74) is -1.86. The van der Waals surface area contributed by atoms with E-state index in [1.54, 1.807) is 27.7 Å². The van der Waals surface area contributed by atoms with E-state index < -0.39 is 86.2 Å². The van der Waals surface area contributed by atoms with Gasteiger partial charge in [-0.15, -0.1) is 0 Å². The molecule has 0 bridgehead atoms. The van der Waals surface area contributed by atoms with E-state index in [1.165, 1.54) is 23.9 Å². The van der Waals surface area contributed by atoms with Crippen LogP contribution in [0.15, 0.2) is 31.8 Å². The molecule has 2 saturated heterocycles. The Morgan fingerprint density at radius 1 is 1.11 bits per heavy atom. The minimum Gasteiger partial charge on any atom is -0.454 e. The number of thioether (sulfide) groups is 1. The molecule has 250 valence electrons. The van der Waals surface area contributed by atoms with Gasteiger partial charge in [0.1, 0.15) is 41.7 Å². The van der Waals surface area contributed by atoms with Crippen molar-refractivity contribution < 1.29 is 47.7 Å². The van der Waals surface area contributed by atoms with Gasteiger partial charge in [-0.3, -0.25) is 32.8 Å². The second-order valence-electron chi connectivity index (χ2n) is 11.7. The summed E-state index contributed by atoms with van der Waals surface area (Å²) >= 11 is 1.07. The number of nitrogens with zero attached hydrogens (tertiary/aromatic N) is 3. The van der Waals surface area contributed by atoms with Crippen LogP contribution in [0.1, 0.15) is 57.2 Å². The van der Waals surface area contributed by atoms with E-state index in [0.29, 0.717) is 10.6 Å². The number of aromatic amines is 1. The number of aliphatic hydroxyl groups excluding tert-OH is 2. The number of carbonyl (C=O) groups excluding carboxylic acids is 1. The third-order valence-corrected chi connectivity index (χ3v) is 9.02. The first kappa shape index (κ1) is 35.2. The molecule has 2 aromatic rings. The number of hydrogen-bond donors (Lipinski definition) is 4. The summed E-state index contributed by atoms with van der Waals surface area (Å²) < 4.78 is 42.0. The maximum Gasteiger partial charge on any atom is 0.472 e. The minimum absolute atomic E-state index is 0.0451. The Balaban J connectivity index is 1.35. The van der Waals surface area contributed by atoms with Crippen molar-refractivity contribution >= 4 is 25.6 Å². The number of esters is 1. The number of aryl methyl sites for hydroxylation is 2. The number of phosphoric ester groups is 1. The number of hydrogen-bond acceptors (Lipinski definition) is 14. The van der Waals surface area contributed by atoms with Crippen molar-refractivity contribution in [2.24, 2.45) is 5.41 Å². The quantitative estimate of drug-likeness (QED) is 0.0834. The van der Waals surface area contributed by atoms with Gasteiger partial charge in [-0.25, -0.2) is 14.2 Å². The van der Waals surface area contributed by atoms with Gasteiger partial charge >= 0.3 is 25.2 Å². The number of aliphatic hydroxyl groups is 2. The second kappa shape index (κ2) is 14.0. The fourth-order valence-electron chi connectivity index (χ4n) is 4.61. The molecule has 0 amide bonds. The van der Waals surface area contributed by atoms with Crippen LogP contribution in [0.3, 0.4) is 0 Å². The van der Waals surface area contributed by atoms with E-state index in [9.17, 15) is 38.8 Å². The van der Waals surface area contributed by atoms with Crippen molar-refractivity contribution in [1.29, 1.82) is 0 Å². The average Bonchev–Trinajstić information content (AvgIpc) is 3.52. The standard InChI is InChI=1S/C26H37N4O13PS/c1-13-8-29(24(35)27-21(13)33)19-6-15(32)18(42-19)11-40-44(37,38)43-16-7-20(41-17(16)10-31)30-9-14(2)22(28-25(30)36)45-12-39-23(34)26(3,4)5/h8-9,15-20,31-32H,6-7,10-12H2,1-5H3,(H,37,38)(H,27,33,35)/t15-,16-,17+,18+,19+,20+/m0/s1. The Labute approximate surface area is 261 Å². The van der Waals surface area contributed by atoms with Gasteiger partial charge in [-0.1, -0.05) is 11.8 Å². The van der Waals surface area contributed by atoms with Crippen LogP contribution in [0.2, 0.25) is 0 Å². The lowest BCUT2D eigenvalue weighted by atomic mass is 9.98. The van der Waals surface area contributed by atoms with Crippen LogP contribution in [-0.4, -0.2) is 83.7 Å². The van der Waals surface area contributed by atoms with Crippen molar-refractivity contribution in [3.05, 3.63) is 54.8 Å². The predicted molar refractivity (Wildman–Crippen MR) is 156 cm³/mol. The van der Waals surface area contributed by atoms with E-state index >= 15 is 0 Å². The molecule has 45 heavy (non-hydrogen) atoms. The molecule has 0 aromatic carbocycles. The summed E-state index contributed by atoms with van der Waals surface area (Å²) in [4.78, 5) is 65.2. The molecule has 2 aliphatic rings. The molecule has 0 saturated carbocycles. The summed E-state index contributed by atoms with van der Waals surface area (Å²) in [7, 11) is -4.81. The van der Waals surface area contributed by atoms with Crippen molar-refractivity contribution in [2.45, 2.75) is 89.4 Å². The molecule has 19 heteroatoms. The summed E-state index contributed by atoms with van der Waals surface area (Å²) in [5.74, 6) is -0.447. The van der Waals surface area contributed by atoms with Crippen molar-refractivity contribution in [3.63, 3.8) is 0 Å². The van der Waals surface area contributed by atoms with Gasteiger partial charge in [-0.05, 0) is 40.2 Å². The SMILES string of the molecule is Cc1cn([C@H]2C[C@H](OP(=O)(O)OC[C@H]3O[C@@H](n4cc(C)c(=O)[nH]c4=O)C[C@@H]3O)[C@@H](CO)O2)c(=O)nc1SCOC(=O)C(C)(C)C. The number of H-pyrrole nitrogens is 1. The van der Waals surface area contributed by atoms with Crippen molar-refractivity contribution in [3.8, 4) is 0 Å². The maximum atomic E-state index is 12.8. The van der Waals surface area contributed by atoms with Crippen molar-refractivity contribution in [1.82, 2.24) is 19.1 Å². The first-order chi connectivity index (χ1) is 21.0. The van der Waals surface area contributed by atoms with Crippen LogP contribution in [0.5, 0.6) is 0 Å². The van der Waals surface area contributed by atoms with Crippen LogP contribution in [-0.2, 0) is 32.6 Å². The van der Waals surface area contributed by atoms with Crippen LogP contribution in [0, 0.1) is 19.3 Å². The lowest BCUT2D eigenvalue weighted by Gasteiger charge is -2.22. The summed E-state index contributed by atoms with van der Waals surface area (Å²) in [5, 5.41) is 20.6. The highest BCUT2D eigenvalue weighted by molar-refractivity contribution is 7.99. The molecule has 7 atom stereocenters. The van der Waals surface area contributed by atoms with Gasteiger partial charge in [0.25, 0.3) is 5.56 Å². The molecule has 1 unspecified atom stereocenters. The summed E-state index contributed by atoms with van der Waals surface area (Å²) in [6.07, 6.45) is -3.91. The van der Waals surface area contributed by atoms with Gasteiger partial charge in [0.15, 0.2) is 0 Å². The topological polar surface area (TPSA) is 231 Å². The zero-order valence-electron chi connectivity index (χ0n) is 25.3. The Morgan fingerprint density at radius 3 is 2.42 bits per heavy atom. The van der Waals surface area contributed by atoms with E-state index in [0.717, 1.165) is 16.3 Å². The molecule has 0 spiro atoms. The lowest BCUT2D eigenvalue weighted by molar-refractivity contribution is -0.150. The molecule has 4 N–H and O–H groups in total. The molecule has 4 rings (SSSR count). The number of ether oxygens (including phenoxy) is 3. The summed E-state index contributed by atoms with van der Waals surface area (Å²) in [6.45, 7) is 7.16. The fourth-order valence-corrected chi connectivity index (χ4v) is 6.27. The highest BCUT2D eigenvalue weighted by Crippen LogP contribution is 2.49. The van der Waals surface area contributed by atoms with Crippen LogP contribution >= 0.6 is 19.6 Å². The maximum absolute atomic E-state index is 12.8. The Morgan fingerprint density at radius 2 is 1.76 bits per heavy atom. The van der Waals surface area contributed by atoms with Gasteiger partial charge in [0.2, 0.25) is 0 Å². The smallest absolute Gasteiger partial charge is 0.454 e. The van der Waals surface area contributed by atoms with Crippen LogP contribution in [0.25, 0.3) is 0 Å². The van der Waals surface area contributed by atoms with Gasteiger partial charge in [0.05, 0.1) is 24.7 Å². The van der Waals surface area contributed by atoms with Gasteiger partial charge in [-0.2, -0.15) is 4.98 Å². The van der Waals surface area contributed by atoms with Gasteiger partial charge < -0.3 is 29.3 Å².